The van der Waals surface area contributed by atoms with Crippen LogP contribution in [0, 0.1) is 6.92 Å². The van der Waals surface area contributed by atoms with Gasteiger partial charge in [-0.15, -0.1) is 0 Å². The molecule has 316 valence electrons. The second kappa shape index (κ2) is 17.0. The first-order valence-corrected chi connectivity index (χ1v) is 23.0. The van der Waals surface area contributed by atoms with E-state index in [9.17, 15) is 0 Å². The summed E-state index contributed by atoms with van der Waals surface area (Å²) in [5.74, 6) is 0.924. The van der Waals surface area contributed by atoms with Crippen LogP contribution in [0.4, 0.5) is 17.1 Å². The van der Waals surface area contributed by atoms with E-state index >= 15 is 0 Å². The van der Waals surface area contributed by atoms with Crippen molar-refractivity contribution in [2.24, 2.45) is 0 Å². The van der Waals surface area contributed by atoms with Crippen LogP contribution in [0.2, 0.25) is 0 Å². The minimum absolute atomic E-state index is 0.918. The maximum atomic E-state index is 6.32. The van der Waals surface area contributed by atoms with Gasteiger partial charge in [-0.25, -0.2) is 0 Å². The Balaban J connectivity index is 0.853. The Bertz CT molecular complexity index is 3720. The van der Waals surface area contributed by atoms with E-state index in [1.54, 1.807) is 0 Å². The van der Waals surface area contributed by atoms with Crippen LogP contribution in [0.15, 0.2) is 259 Å². The van der Waals surface area contributed by atoms with Crippen molar-refractivity contribution in [3.63, 3.8) is 0 Å². The number of benzene rings is 11. The Hall–Kier alpha value is -8.72. The number of nitrogens with zero attached hydrogens (tertiary/aromatic N) is 1. The highest BCUT2D eigenvalue weighted by Crippen LogP contribution is 2.40. The fourth-order valence-corrected chi connectivity index (χ4v) is 9.70. The molecule has 0 saturated carbocycles. The first kappa shape index (κ1) is 39.8. The predicted molar refractivity (Wildman–Crippen MR) is 283 cm³/mol. The van der Waals surface area contributed by atoms with Crippen molar-refractivity contribution < 1.29 is 4.42 Å². The van der Waals surface area contributed by atoms with Gasteiger partial charge in [0, 0.05) is 33.6 Å². The molecule has 12 rings (SSSR count). The number of hydrogen-bond donors (Lipinski definition) is 0. The zero-order valence-electron chi connectivity index (χ0n) is 37.1. The number of anilines is 3. The summed E-state index contributed by atoms with van der Waals surface area (Å²) < 4.78 is 6.32. The van der Waals surface area contributed by atoms with Crippen molar-refractivity contribution in [2.75, 3.05) is 4.90 Å². The molecule has 0 bridgehead atoms. The van der Waals surface area contributed by atoms with Gasteiger partial charge in [-0.3, -0.25) is 0 Å². The highest BCUT2D eigenvalue weighted by molar-refractivity contribution is 6.08. The van der Waals surface area contributed by atoms with Crippen molar-refractivity contribution in [2.45, 2.75) is 6.92 Å². The van der Waals surface area contributed by atoms with Gasteiger partial charge >= 0.3 is 0 Å². The number of para-hydroxylation sites is 1. The monoisotopic (exact) mass is 855 g/mol. The van der Waals surface area contributed by atoms with Gasteiger partial charge in [0.1, 0.15) is 11.3 Å². The van der Waals surface area contributed by atoms with Crippen LogP contribution in [0.25, 0.3) is 99.5 Å². The predicted octanol–water partition coefficient (Wildman–Crippen LogP) is 18.5. The van der Waals surface area contributed by atoms with Crippen LogP contribution in [-0.2, 0) is 0 Å². The summed E-state index contributed by atoms with van der Waals surface area (Å²) in [5, 5.41) is 6.23. The van der Waals surface area contributed by atoms with Gasteiger partial charge in [0.15, 0.2) is 0 Å². The van der Waals surface area contributed by atoms with Gasteiger partial charge in [0.2, 0.25) is 0 Å². The summed E-state index contributed by atoms with van der Waals surface area (Å²) >= 11 is 0. The molecule has 0 aliphatic heterocycles. The molecule has 12 aromatic rings. The standard InChI is InChI=1S/C65H45NO/c1-44-61-18-7-8-20-64(61)67-65(44)57-17-10-16-54(43-57)48-23-21-46(22-24-48)47-27-34-58(35-28-47)66(59-36-29-49(30-37-59)53-15-9-14-52(41-53)45-11-3-2-4-12-45)60-38-31-50(32-39-60)55-33-40-63-56(42-55)26-25-51-13-5-6-19-62(51)63/h2-43H,1H3. The van der Waals surface area contributed by atoms with E-state index in [2.05, 4.69) is 254 Å². The molecule has 0 atom stereocenters. The molecular weight excluding hydrogens is 811 g/mol. The highest BCUT2D eigenvalue weighted by Gasteiger charge is 2.16. The lowest BCUT2D eigenvalue weighted by Gasteiger charge is -2.26. The largest absolute Gasteiger partial charge is 0.456 e. The number of aryl methyl sites for hydroxylation is 1. The van der Waals surface area contributed by atoms with Crippen LogP contribution in [0.1, 0.15) is 5.56 Å². The lowest BCUT2D eigenvalue weighted by atomic mass is 9.97. The minimum atomic E-state index is 0.918. The molecule has 0 radical (unpaired) electrons. The van der Waals surface area contributed by atoms with Gasteiger partial charge in [0.25, 0.3) is 0 Å². The molecule has 1 heterocycles. The highest BCUT2D eigenvalue weighted by atomic mass is 16.3. The number of hydrogen-bond acceptors (Lipinski definition) is 2. The van der Waals surface area contributed by atoms with Crippen molar-refractivity contribution in [1.82, 2.24) is 0 Å². The van der Waals surface area contributed by atoms with E-state index in [1.165, 1.54) is 66.1 Å². The Morgan fingerprint density at radius 2 is 0.657 bits per heavy atom. The van der Waals surface area contributed by atoms with Gasteiger partial charge in [0.05, 0.1) is 0 Å². The maximum absolute atomic E-state index is 6.32. The number of rotatable bonds is 9. The Morgan fingerprint density at radius 3 is 1.24 bits per heavy atom. The van der Waals surface area contributed by atoms with E-state index in [1.807, 2.05) is 12.1 Å². The normalized spacial score (nSPS) is 11.4. The summed E-state index contributed by atoms with van der Waals surface area (Å²) in [5.41, 5.74) is 18.3. The van der Waals surface area contributed by atoms with Crippen molar-refractivity contribution >= 4 is 49.6 Å². The molecule has 0 unspecified atom stereocenters. The molecular formula is C65H45NO. The fraction of sp³-hybridized carbons (Fsp3) is 0.0154. The van der Waals surface area contributed by atoms with E-state index in [-0.39, 0.29) is 0 Å². The van der Waals surface area contributed by atoms with Gasteiger partial charge in [-0.2, -0.15) is 0 Å². The summed E-state index contributed by atoms with van der Waals surface area (Å²) in [7, 11) is 0. The average molecular weight is 856 g/mol. The van der Waals surface area contributed by atoms with Crippen LogP contribution in [0.3, 0.4) is 0 Å². The zero-order valence-corrected chi connectivity index (χ0v) is 37.1. The maximum Gasteiger partial charge on any atom is 0.138 e. The lowest BCUT2D eigenvalue weighted by Crippen LogP contribution is -2.09. The molecule has 0 spiro atoms. The first-order valence-electron chi connectivity index (χ1n) is 23.0. The number of fused-ring (bicyclic) bond motifs is 4. The smallest absolute Gasteiger partial charge is 0.138 e. The van der Waals surface area contributed by atoms with Crippen LogP contribution in [-0.4, -0.2) is 0 Å². The average Bonchev–Trinajstić information content (AvgIpc) is 3.75. The third-order valence-corrected chi connectivity index (χ3v) is 13.3. The van der Waals surface area contributed by atoms with E-state index in [0.29, 0.717) is 0 Å². The Kier molecular flexibility index (Phi) is 10.1. The van der Waals surface area contributed by atoms with Crippen molar-refractivity contribution in [3.8, 4) is 67.0 Å². The Morgan fingerprint density at radius 1 is 0.269 bits per heavy atom. The van der Waals surface area contributed by atoms with Crippen molar-refractivity contribution in [3.05, 3.63) is 260 Å². The van der Waals surface area contributed by atoms with Crippen LogP contribution >= 0.6 is 0 Å². The lowest BCUT2D eigenvalue weighted by molar-refractivity contribution is 0.629. The second-order valence-corrected chi connectivity index (χ2v) is 17.4. The van der Waals surface area contributed by atoms with Gasteiger partial charge in [-0.1, -0.05) is 194 Å². The van der Waals surface area contributed by atoms with Crippen LogP contribution in [0.5, 0.6) is 0 Å². The summed E-state index contributed by atoms with van der Waals surface area (Å²) in [6.45, 7) is 2.14. The third kappa shape index (κ3) is 7.65. The van der Waals surface area contributed by atoms with Gasteiger partial charge < -0.3 is 9.32 Å². The zero-order chi connectivity index (χ0) is 44.7. The minimum Gasteiger partial charge on any atom is -0.456 e. The van der Waals surface area contributed by atoms with Gasteiger partial charge in [-0.05, 0) is 145 Å². The second-order valence-electron chi connectivity index (χ2n) is 17.4. The van der Waals surface area contributed by atoms with Crippen molar-refractivity contribution in [1.29, 1.82) is 0 Å². The molecule has 11 aromatic carbocycles. The molecule has 0 fully saturated rings. The quantitative estimate of drug-likeness (QED) is 0.135. The van der Waals surface area contributed by atoms with Crippen LogP contribution < -0.4 is 4.90 Å². The molecule has 2 heteroatoms. The molecule has 1 aromatic heterocycles. The molecule has 0 aliphatic carbocycles. The molecule has 0 saturated heterocycles. The summed E-state index contributed by atoms with van der Waals surface area (Å²) in [4.78, 5) is 2.35. The molecule has 67 heavy (non-hydrogen) atoms. The molecule has 0 aliphatic rings. The Labute approximate surface area is 391 Å². The molecule has 0 N–H and O–H groups in total. The fourth-order valence-electron chi connectivity index (χ4n) is 9.70. The van der Waals surface area contributed by atoms with E-state index in [0.717, 1.165) is 56.0 Å². The summed E-state index contributed by atoms with van der Waals surface area (Å²) in [6.07, 6.45) is 0. The first-order chi connectivity index (χ1) is 33.1. The molecule has 0 amide bonds. The molecule has 2 nitrogen and oxygen atoms in total. The summed E-state index contributed by atoms with van der Waals surface area (Å²) in [6, 6.07) is 91.9. The SMILES string of the molecule is Cc1c(-c2cccc(-c3ccc(-c4ccc(N(c5ccc(-c6cccc(-c7ccccc7)c6)cc5)c5ccc(-c6ccc7c(ccc8ccccc87)c6)cc5)cc4)cc3)c2)oc2ccccc12. The topological polar surface area (TPSA) is 16.4 Å². The number of furan rings is 1. The van der Waals surface area contributed by atoms with E-state index < -0.39 is 0 Å². The van der Waals surface area contributed by atoms with E-state index in [4.69, 9.17) is 4.42 Å². The third-order valence-electron chi connectivity index (χ3n) is 13.3.